The Morgan fingerprint density at radius 1 is 1.09 bits per heavy atom. The molecule has 3 N–H and O–H groups in total. The van der Waals surface area contributed by atoms with E-state index in [4.69, 9.17) is 21.7 Å². The third-order valence-corrected chi connectivity index (χ3v) is 5.11. The van der Waals surface area contributed by atoms with E-state index < -0.39 is 0 Å². The summed E-state index contributed by atoms with van der Waals surface area (Å²) in [5, 5.41) is 5.92. The van der Waals surface area contributed by atoms with Gasteiger partial charge in [-0.05, 0) is 67.2 Å². The van der Waals surface area contributed by atoms with Gasteiger partial charge >= 0.3 is 0 Å². The summed E-state index contributed by atoms with van der Waals surface area (Å²) in [7, 11) is 1.57. The number of H-pyrrole nitrogens is 1. The van der Waals surface area contributed by atoms with Gasteiger partial charge in [0.15, 0.2) is 5.11 Å². The van der Waals surface area contributed by atoms with Crippen LogP contribution in [0.25, 0.3) is 22.4 Å². The molecular weight excluding hydrogens is 436 g/mol. The molecule has 3 aromatic carbocycles. The van der Waals surface area contributed by atoms with Crippen molar-refractivity contribution < 1.29 is 14.3 Å². The zero-order valence-corrected chi connectivity index (χ0v) is 19.2. The Morgan fingerprint density at radius 2 is 1.94 bits per heavy atom. The van der Waals surface area contributed by atoms with Crippen LogP contribution in [0.15, 0.2) is 66.7 Å². The predicted octanol–water partition coefficient (Wildman–Crippen LogP) is 5.15. The highest BCUT2D eigenvalue weighted by Crippen LogP contribution is 2.30. The molecule has 0 saturated carbocycles. The van der Waals surface area contributed by atoms with Crippen LogP contribution in [0.1, 0.15) is 23.7 Å². The summed E-state index contributed by atoms with van der Waals surface area (Å²) in [6.07, 6.45) is 0.888. The van der Waals surface area contributed by atoms with Crippen molar-refractivity contribution in [3.63, 3.8) is 0 Å². The lowest BCUT2D eigenvalue weighted by molar-refractivity contribution is 0.0977. The highest BCUT2D eigenvalue weighted by atomic mass is 32.1. The molecule has 0 saturated heterocycles. The second-order valence-electron chi connectivity index (χ2n) is 7.30. The minimum absolute atomic E-state index is 0.153. The number of carbonyl (C=O) groups is 1. The minimum Gasteiger partial charge on any atom is -0.495 e. The normalized spacial score (nSPS) is 10.6. The Hall–Kier alpha value is -3.91. The first kappa shape index (κ1) is 22.3. The van der Waals surface area contributed by atoms with Crippen molar-refractivity contribution in [2.24, 2.45) is 0 Å². The van der Waals surface area contributed by atoms with Gasteiger partial charge in [0.05, 0.1) is 30.4 Å². The Labute approximate surface area is 197 Å². The second-order valence-corrected chi connectivity index (χ2v) is 7.71. The van der Waals surface area contributed by atoms with E-state index in [1.165, 1.54) is 0 Å². The standard InChI is InChI=1S/C25H24N4O3S/c1-3-13-32-18-8-6-7-17(14-18)24(30)29-25(33)28-21-15-16(11-12-22(21)31-2)23-26-19-9-4-5-10-20(19)27-23/h4-12,14-15H,3,13H2,1-2H3,(H,26,27)(H2,28,29,30,33). The molecule has 0 aliphatic rings. The number of nitrogens with one attached hydrogen (secondary N) is 3. The zero-order chi connectivity index (χ0) is 23.2. The molecule has 0 radical (unpaired) electrons. The molecule has 7 nitrogen and oxygen atoms in total. The molecule has 0 fully saturated rings. The fraction of sp³-hybridized carbons (Fsp3) is 0.160. The molecule has 33 heavy (non-hydrogen) atoms. The highest BCUT2D eigenvalue weighted by Gasteiger charge is 2.13. The van der Waals surface area contributed by atoms with Crippen molar-refractivity contribution in [3.05, 3.63) is 72.3 Å². The number of carbonyl (C=O) groups excluding carboxylic acids is 1. The van der Waals surface area contributed by atoms with E-state index in [0.29, 0.717) is 29.4 Å². The number of aromatic amines is 1. The maximum absolute atomic E-state index is 12.7. The van der Waals surface area contributed by atoms with E-state index in [2.05, 4.69) is 20.6 Å². The van der Waals surface area contributed by atoms with Gasteiger partial charge in [-0.3, -0.25) is 10.1 Å². The molecule has 0 aliphatic heterocycles. The third kappa shape index (κ3) is 5.30. The first-order valence-corrected chi connectivity index (χ1v) is 11.0. The molecule has 168 valence electrons. The van der Waals surface area contributed by atoms with E-state index in [0.717, 1.165) is 28.8 Å². The lowest BCUT2D eigenvalue weighted by Gasteiger charge is -2.14. The molecular formula is C25H24N4O3S. The highest BCUT2D eigenvalue weighted by molar-refractivity contribution is 7.80. The fourth-order valence-corrected chi connectivity index (χ4v) is 3.52. The minimum atomic E-state index is -0.332. The van der Waals surface area contributed by atoms with Crippen LogP contribution in [0, 0.1) is 0 Å². The molecule has 4 aromatic rings. The number of thiocarbonyl (C=S) groups is 1. The molecule has 0 bridgehead atoms. The molecule has 8 heteroatoms. The molecule has 0 spiro atoms. The van der Waals surface area contributed by atoms with Gasteiger partial charge in [0.25, 0.3) is 5.91 Å². The van der Waals surface area contributed by atoms with Crippen molar-refractivity contribution in [3.8, 4) is 22.9 Å². The average molecular weight is 461 g/mol. The summed E-state index contributed by atoms with van der Waals surface area (Å²) in [5.74, 6) is 1.62. The Bertz CT molecular complexity index is 1270. The number of imidazole rings is 1. The van der Waals surface area contributed by atoms with Gasteiger partial charge < -0.3 is 19.8 Å². The third-order valence-electron chi connectivity index (χ3n) is 4.91. The van der Waals surface area contributed by atoms with E-state index >= 15 is 0 Å². The van der Waals surface area contributed by atoms with Crippen molar-refractivity contribution in [2.45, 2.75) is 13.3 Å². The van der Waals surface area contributed by atoms with Gasteiger partial charge in [0.1, 0.15) is 17.3 Å². The lowest BCUT2D eigenvalue weighted by Crippen LogP contribution is -2.34. The predicted molar refractivity (Wildman–Crippen MR) is 134 cm³/mol. The number of fused-ring (bicyclic) bond motifs is 1. The molecule has 1 amide bonds. The number of benzene rings is 3. The smallest absolute Gasteiger partial charge is 0.257 e. The number of para-hydroxylation sites is 2. The van der Waals surface area contributed by atoms with Crippen molar-refractivity contribution in [2.75, 3.05) is 19.0 Å². The number of hydrogen-bond acceptors (Lipinski definition) is 5. The van der Waals surface area contributed by atoms with Crippen molar-refractivity contribution >= 4 is 40.0 Å². The number of rotatable bonds is 7. The lowest BCUT2D eigenvalue weighted by atomic mass is 10.1. The van der Waals surface area contributed by atoms with Crippen LogP contribution in [-0.2, 0) is 0 Å². The second kappa shape index (κ2) is 10.1. The van der Waals surface area contributed by atoms with E-state index in [-0.39, 0.29) is 11.0 Å². The van der Waals surface area contributed by atoms with Gasteiger partial charge in [-0.1, -0.05) is 25.1 Å². The monoisotopic (exact) mass is 460 g/mol. The van der Waals surface area contributed by atoms with E-state index in [9.17, 15) is 4.79 Å². The van der Waals surface area contributed by atoms with Crippen molar-refractivity contribution in [1.82, 2.24) is 15.3 Å². The number of amides is 1. The summed E-state index contributed by atoms with van der Waals surface area (Å²) in [4.78, 5) is 20.6. The van der Waals surface area contributed by atoms with Gasteiger partial charge in [-0.25, -0.2) is 4.98 Å². The van der Waals surface area contributed by atoms with Crippen molar-refractivity contribution in [1.29, 1.82) is 0 Å². The number of ether oxygens (including phenoxy) is 2. The fourth-order valence-electron chi connectivity index (χ4n) is 3.32. The summed E-state index contributed by atoms with van der Waals surface area (Å²) < 4.78 is 11.1. The van der Waals surface area contributed by atoms with Gasteiger partial charge in [-0.2, -0.15) is 0 Å². The van der Waals surface area contributed by atoms with E-state index in [1.54, 1.807) is 25.3 Å². The largest absolute Gasteiger partial charge is 0.495 e. The number of aromatic nitrogens is 2. The maximum Gasteiger partial charge on any atom is 0.257 e. The van der Waals surface area contributed by atoms with Crippen LogP contribution < -0.4 is 20.1 Å². The van der Waals surface area contributed by atoms with Crippen LogP contribution in [0.4, 0.5) is 5.69 Å². The molecule has 0 atom stereocenters. The van der Waals surface area contributed by atoms with Crippen LogP contribution in [0.2, 0.25) is 0 Å². The number of hydrogen-bond donors (Lipinski definition) is 3. The topological polar surface area (TPSA) is 88.3 Å². The zero-order valence-electron chi connectivity index (χ0n) is 18.3. The first-order valence-electron chi connectivity index (χ1n) is 10.6. The molecule has 1 aromatic heterocycles. The van der Waals surface area contributed by atoms with Gasteiger partial charge in [0.2, 0.25) is 0 Å². The quantitative estimate of drug-likeness (QED) is 0.331. The van der Waals surface area contributed by atoms with Crippen LogP contribution in [0.3, 0.4) is 0 Å². The maximum atomic E-state index is 12.7. The Kier molecular flexibility index (Phi) is 6.85. The van der Waals surface area contributed by atoms with Crippen LogP contribution in [-0.4, -0.2) is 34.7 Å². The number of methoxy groups -OCH3 is 1. The summed E-state index contributed by atoms with van der Waals surface area (Å²) in [6.45, 7) is 2.62. The molecule has 4 rings (SSSR count). The molecule has 0 unspecified atom stereocenters. The van der Waals surface area contributed by atoms with E-state index in [1.807, 2.05) is 55.5 Å². The number of anilines is 1. The molecule has 1 heterocycles. The summed E-state index contributed by atoms with van der Waals surface area (Å²) in [6, 6.07) is 20.4. The summed E-state index contributed by atoms with van der Waals surface area (Å²) >= 11 is 5.38. The summed E-state index contributed by atoms with van der Waals surface area (Å²) in [5.41, 5.74) is 3.75. The van der Waals surface area contributed by atoms with Crippen LogP contribution >= 0.6 is 12.2 Å². The average Bonchev–Trinajstić information content (AvgIpc) is 3.27. The molecule has 0 aliphatic carbocycles. The Morgan fingerprint density at radius 3 is 2.73 bits per heavy atom. The van der Waals surface area contributed by atoms with Crippen LogP contribution in [0.5, 0.6) is 11.5 Å². The SMILES string of the molecule is CCCOc1cccc(C(=O)NC(=S)Nc2cc(-c3nc4ccccc4[nH]3)ccc2OC)c1. The Balaban J connectivity index is 1.50. The van der Waals surface area contributed by atoms with Gasteiger partial charge in [-0.15, -0.1) is 0 Å². The first-order chi connectivity index (χ1) is 16.1. The van der Waals surface area contributed by atoms with Gasteiger partial charge in [0, 0.05) is 11.1 Å². The number of nitrogens with zero attached hydrogens (tertiary/aromatic N) is 1.